The predicted octanol–water partition coefficient (Wildman–Crippen LogP) is 2.87. The minimum Gasteiger partial charge on any atom is -0.462 e. The van der Waals surface area contributed by atoms with E-state index in [1.165, 1.54) is 0 Å². The highest BCUT2D eigenvalue weighted by Crippen LogP contribution is 2.25. The number of nitrogens with zero attached hydrogens (tertiary/aromatic N) is 2. The first-order valence-electron chi connectivity index (χ1n) is 7.12. The van der Waals surface area contributed by atoms with Crippen molar-refractivity contribution < 1.29 is 9.53 Å². The maximum Gasteiger partial charge on any atom is 0.345 e. The van der Waals surface area contributed by atoms with E-state index in [4.69, 9.17) is 4.74 Å². The van der Waals surface area contributed by atoms with Crippen LogP contribution in [-0.2, 0) is 11.3 Å². The van der Waals surface area contributed by atoms with E-state index in [0.717, 1.165) is 9.09 Å². The third-order valence-corrected chi connectivity index (χ3v) is 4.09. The molecule has 5 nitrogen and oxygen atoms in total. The van der Waals surface area contributed by atoms with Crippen LogP contribution in [0, 0.1) is 3.57 Å². The molecule has 1 heterocycles. The van der Waals surface area contributed by atoms with Gasteiger partial charge in [-0.2, -0.15) is 0 Å². The van der Waals surface area contributed by atoms with Crippen LogP contribution in [0.4, 0.5) is 5.82 Å². The van der Waals surface area contributed by atoms with Crippen LogP contribution in [-0.4, -0.2) is 31.2 Å². The molecule has 0 N–H and O–H groups in total. The zero-order chi connectivity index (χ0) is 16.4. The van der Waals surface area contributed by atoms with Crippen LogP contribution in [0.3, 0.4) is 0 Å². The number of benzene rings is 1. The monoisotopic (exact) mass is 414 g/mol. The number of aryl methyl sites for hydroxylation is 1. The van der Waals surface area contributed by atoms with Gasteiger partial charge in [0.25, 0.3) is 0 Å². The summed E-state index contributed by atoms with van der Waals surface area (Å²) in [6.45, 7) is 4.61. The number of anilines is 1. The first-order valence-corrected chi connectivity index (χ1v) is 8.20. The van der Waals surface area contributed by atoms with Crippen molar-refractivity contribution in [1.29, 1.82) is 0 Å². The number of pyridine rings is 1. The van der Waals surface area contributed by atoms with Gasteiger partial charge in [-0.25, -0.2) is 4.79 Å². The van der Waals surface area contributed by atoms with Gasteiger partial charge in [0, 0.05) is 29.6 Å². The quantitative estimate of drug-likeness (QED) is 0.571. The molecule has 0 aliphatic rings. The van der Waals surface area contributed by atoms with Gasteiger partial charge in [-0.1, -0.05) is 0 Å². The largest absolute Gasteiger partial charge is 0.462 e. The lowest BCUT2D eigenvalue weighted by molar-refractivity contribution is 0.0525. The van der Waals surface area contributed by atoms with Crippen molar-refractivity contribution in [3.8, 4) is 0 Å². The Labute approximate surface area is 143 Å². The van der Waals surface area contributed by atoms with E-state index in [1.54, 1.807) is 17.9 Å². The fraction of sp³-hybridized carbons (Fsp3) is 0.375. The molecule has 1 aromatic heterocycles. The number of halogens is 1. The number of fused-ring (bicyclic) bond motifs is 1. The summed E-state index contributed by atoms with van der Waals surface area (Å²) in [5.41, 5.74) is 0.650. The first-order chi connectivity index (χ1) is 10.4. The normalized spacial score (nSPS) is 10.8. The van der Waals surface area contributed by atoms with Gasteiger partial charge in [-0.05, 0) is 54.6 Å². The number of rotatable bonds is 4. The van der Waals surface area contributed by atoms with Crippen molar-refractivity contribution in [2.24, 2.45) is 0 Å². The summed E-state index contributed by atoms with van der Waals surface area (Å²) in [7, 11) is 3.65. The number of aromatic nitrogens is 1. The zero-order valence-electron chi connectivity index (χ0n) is 13.1. The van der Waals surface area contributed by atoms with Crippen molar-refractivity contribution in [3.05, 3.63) is 37.6 Å². The fourth-order valence-corrected chi connectivity index (χ4v) is 3.05. The average molecular weight is 414 g/mol. The van der Waals surface area contributed by atoms with E-state index < -0.39 is 5.97 Å². The van der Waals surface area contributed by atoms with Gasteiger partial charge in [0.1, 0.15) is 11.4 Å². The highest BCUT2D eigenvalue weighted by atomic mass is 127. The van der Waals surface area contributed by atoms with Crippen LogP contribution in [0.25, 0.3) is 10.9 Å². The van der Waals surface area contributed by atoms with Crippen LogP contribution < -0.4 is 10.3 Å². The molecule has 0 aliphatic heterocycles. The van der Waals surface area contributed by atoms with Gasteiger partial charge >= 0.3 is 5.97 Å². The van der Waals surface area contributed by atoms with E-state index >= 15 is 0 Å². The van der Waals surface area contributed by atoms with Crippen LogP contribution >= 0.6 is 22.6 Å². The summed E-state index contributed by atoms with van der Waals surface area (Å²) in [6, 6.07) is 5.60. The molecule has 0 aliphatic carbocycles. The van der Waals surface area contributed by atoms with Gasteiger partial charge in [-0.15, -0.1) is 0 Å². The SMILES string of the molecule is CCOC(=O)c1c(N(C)C)n(CC)c2cc(I)ccc2c1=O. The number of esters is 1. The molecule has 0 amide bonds. The Bertz CT molecular complexity index is 781. The molecule has 0 atom stereocenters. The Balaban J connectivity index is 2.97. The maximum absolute atomic E-state index is 12.8. The number of ether oxygens (including phenoxy) is 1. The molecule has 2 rings (SSSR count). The third kappa shape index (κ3) is 2.84. The van der Waals surface area contributed by atoms with Crippen molar-refractivity contribution in [1.82, 2.24) is 4.57 Å². The molecular formula is C16H19IN2O3. The Kier molecular flexibility index (Phi) is 5.10. The summed E-state index contributed by atoms with van der Waals surface area (Å²) in [5.74, 6) is 0.0132. The lowest BCUT2D eigenvalue weighted by Gasteiger charge is -2.24. The maximum atomic E-state index is 12.8. The fourth-order valence-electron chi connectivity index (χ4n) is 2.58. The highest BCUT2D eigenvalue weighted by molar-refractivity contribution is 14.1. The third-order valence-electron chi connectivity index (χ3n) is 3.42. The molecule has 6 heteroatoms. The minimum absolute atomic E-state index is 0.0995. The number of hydrogen-bond donors (Lipinski definition) is 0. The number of hydrogen-bond acceptors (Lipinski definition) is 4. The molecule has 0 radical (unpaired) electrons. The second-order valence-electron chi connectivity index (χ2n) is 5.05. The van der Waals surface area contributed by atoms with E-state index in [-0.39, 0.29) is 17.6 Å². The molecule has 1 aromatic carbocycles. The molecule has 0 bridgehead atoms. The molecule has 0 unspecified atom stereocenters. The van der Waals surface area contributed by atoms with Crippen molar-refractivity contribution in [2.75, 3.05) is 25.6 Å². The zero-order valence-corrected chi connectivity index (χ0v) is 15.3. The molecule has 0 saturated carbocycles. The standard InChI is InChI=1S/C16H19IN2O3/c1-5-19-12-9-10(17)7-8-11(12)14(20)13(15(19)18(3)4)16(21)22-6-2/h7-9H,5-6H2,1-4H3. The summed E-state index contributed by atoms with van der Waals surface area (Å²) in [4.78, 5) is 26.9. The van der Waals surface area contributed by atoms with Crippen molar-refractivity contribution in [2.45, 2.75) is 20.4 Å². The van der Waals surface area contributed by atoms with E-state index in [9.17, 15) is 9.59 Å². The Morgan fingerprint density at radius 2 is 2.00 bits per heavy atom. The highest BCUT2D eigenvalue weighted by Gasteiger charge is 2.24. The average Bonchev–Trinajstić information content (AvgIpc) is 2.46. The van der Waals surface area contributed by atoms with Crippen LogP contribution in [0.2, 0.25) is 0 Å². The molecular weight excluding hydrogens is 395 g/mol. The Hall–Kier alpha value is -1.57. The van der Waals surface area contributed by atoms with E-state index in [0.29, 0.717) is 17.7 Å². The number of carbonyl (C=O) groups excluding carboxylic acids is 1. The molecule has 118 valence electrons. The number of carbonyl (C=O) groups is 1. The van der Waals surface area contributed by atoms with E-state index in [2.05, 4.69) is 22.6 Å². The first kappa shape index (κ1) is 16.8. The second-order valence-corrected chi connectivity index (χ2v) is 6.29. The summed E-state index contributed by atoms with van der Waals surface area (Å²) < 4.78 is 8.11. The minimum atomic E-state index is -0.571. The van der Waals surface area contributed by atoms with Gasteiger partial charge in [0.2, 0.25) is 5.43 Å². The molecule has 2 aromatic rings. The Morgan fingerprint density at radius 1 is 1.32 bits per heavy atom. The predicted molar refractivity (Wildman–Crippen MR) is 96.9 cm³/mol. The smallest absolute Gasteiger partial charge is 0.345 e. The van der Waals surface area contributed by atoms with Crippen LogP contribution in [0.1, 0.15) is 24.2 Å². The second kappa shape index (κ2) is 6.68. The molecule has 0 saturated heterocycles. The van der Waals surface area contributed by atoms with E-state index in [1.807, 2.05) is 37.7 Å². The van der Waals surface area contributed by atoms with Crippen molar-refractivity contribution in [3.63, 3.8) is 0 Å². The van der Waals surface area contributed by atoms with Crippen LogP contribution in [0.5, 0.6) is 0 Å². The lowest BCUT2D eigenvalue weighted by atomic mass is 10.1. The lowest BCUT2D eigenvalue weighted by Crippen LogP contribution is -2.28. The van der Waals surface area contributed by atoms with Crippen LogP contribution in [0.15, 0.2) is 23.0 Å². The Morgan fingerprint density at radius 3 is 2.55 bits per heavy atom. The molecule has 22 heavy (non-hydrogen) atoms. The summed E-state index contributed by atoms with van der Waals surface area (Å²) in [6.07, 6.45) is 0. The van der Waals surface area contributed by atoms with Gasteiger partial charge < -0.3 is 14.2 Å². The van der Waals surface area contributed by atoms with Gasteiger partial charge in [-0.3, -0.25) is 4.79 Å². The van der Waals surface area contributed by atoms with Crippen molar-refractivity contribution >= 4 is 45.3 Å². The topological polar surface area (TPSA) is 51.5 Å². The molecule has 0 spiro atoms. The van der Waals surface area contributed by atoms with Gasteiger partial charge in [0.15, 0.2) is 0 Å². The summed E-state index contributed by atoms with van der Waals surface area (Å²) >= 11 is 2.22. The molecule has 0 fully saturated rings. The summed E-state index contributed by atoms with van der Waals surface area (Å²) in [5, 5.41) is 0.538. The van der Waals surface area contributed by atoms with Gasteiger partial charge in [0.05, 0.1) is 12.1 Å².